The lowest BCUT2D eigenvalue weighted by Crippen LogP contribution is -2.23. The minimum absolute atomic E-state index is 0.0902. The van der Waals surface area contributed by atoms with E-state index in [4.69, 9.17) is 9.47 Å². The highest BCUT2D eigenvalue weighted by Gasteiger charge is 2.31. The van der Waals surface area contributed by atoms with Crippen molar-refractivity contribution in [2.75, 3.05) is 14.2 Å². The third kappa shape index (κ3) is 5.27. The van der Waals surface area contributed by atoms with E-state index in [1.165, 1.54) is 20.3 Å². The molecule has 0 spiro atoms. The molecule has 0 amide bonds. The lowest BCUT2D eigenvalue weighted by Gasteiger charge is -2.12. The molecule has 0 aliphatic rings. The van der Waals surface area contributed by atoms with Gasteiger partial charge in [-0.3, -0.25) is 0 Å². The maximum Gasteiger partial charge on any atom is 0.573 e. The molecular formula is C16H16F3NO5S. The number of halogens is 3. The van der Waals surface area contributed by atoms with Crippen LogP contribution >= 0.6 is 0 Å². The lowest BCUT2D eigenvalue weighted by atomic mass is 10.2. The van der Waals surface area contributed by atoms with Crippen molar-refractivity contribution in [3.05, 3.63) is 48.0 Å². The monoisotopic (exact) mass is 391 g/mol. The summed E-state index contributed by atoms with van der Waals surface area (Å²) in [5.41, 5.74) is 0.578. The largest absolute Gasteiger partial charge is 0.573 e. The van der Waals surface area contributed by atoms with Crippen LogP contribution in [0.2, 0.25) is 0 Å². The molecule has 6 nitrogen and oxygen atoms in total. The fourth-order valence-corrected chi connectivity index (χ4v) is 3.14. The molecule has 10 heteroatoms. The minimum atomic E-state index is -4.91. The second-order valence-electron chi connectivity index (χ2n) is 5.04. The zero-order chi connectivity index (χ0) is 19.4. The molecular weight excluding hydrogens is 375 g/mol. The second-order valence-corrected chi connectivity index (χ2v) is 6.80. The third-order valence-electron chi connectivity index (χ3n) is 3.26. The molecule has 2 rings (SSSR count). The lowest BCUT2D eigenvalue weighted by molar-refractivity contribution is -0.274. The van der Waals surface area contributed by atoms with Crippen LogP contribution in [0, 0.1) is 0 Å². The molecule has 0 fully saturated rings. The van der Waals surface area contributed by atoms with E-state index in [9.17, 15) is 21.6 Å². The SMILES string of the molecule is COc1ccc(CNS(=O)(=O)c2cccc(OC(F)(F)F)c2)cc1OC. The molecule has 1 N–H and O–H groups in total. The molecule has 2 aromatic rings. The summed E-state index contributed by atoms with van der Waals surface area (Å²) in [6.45, 7) is -0.0902. The smallest absolute Gasteiger partial charge is 0.493 e. The molecule has 26 heavy (non-hydrogen) atoms. The summed E-state index contributed by atoms with van der Waals surface area (Å²) < 4.78 is 77.6. The second kappa shape index (κ2) is 7.83. The molecule has 0 aromatic heterocycles. The van der Waals surface area contributed by atoms with Gasteiger partial charge >= 0.3 is 6.36 Å². The van der Waals surface area contributed by atoms with Crippen LogP contribution in [0.15, 0.2) is 47.4 Å². The zero-order valence-corrected chi connectivity index (χ0v) is 14.6. The van der Waals surface area contributed by atoms with E-state index in [1.54, 1.807) is 18.2 Å². The molecule has 0 atom stereocenters. The first-order chi connectivity index (χ1) is 12.1. The Morgan fingerprint density at radius 2 is 1.69 bits per heavy atom. The number of rotatable bonds is 7. The van der Waals surface area contributed by atoms with Gasteiger partial charge in [0.2, 0.25) is 10.0 Å². The maximum atomic E-state index is 12.3. The number of alkyl halides is 3. The maximum absolute atomic E-state index is 12.3. The molecule has 0 heterocycles. The third-order valence-corrected chi connectivity index (χ3v) is 4.66. The van der Waals surface area contributed by atoms with Crippen molar-refractivity contribution < 1.29 is 35.8 Å². The van der Waals surface area contributed by atoms with Crippen LogP contribution in [0.25, 0.3) is 0 Å². The standard InChI is InChI=1S/C16H16F3NO5S/c1-23-14-7-6-11(8-15(14)24-2)10-20-26(21,22)13-5-3-4-12(9-13)25-16(17,18)19/h3-9,20H,10H2,1-2H3. The average molecular weight is 391 g/mol. The Kier molecular flexibility index (Phi) is 5.98. The van der Waals surface area contributed by atoms with Crippen molar-refractivity contribution in [3.8, 4) is 17.2 Å². The van der Waals surface area contributed by atoms with Gasteiger partial charge in [-0.2, -0.15) is 0 Å². The molecule has 0 radical (unpaired) electrons. The topological polar surface area (TPSA) is 73.9 Å². The van der Waals surface area contributed by atoms with Crippen LogP contribution in [0.1, 0.15) is 5.56 Å². The molecule has 2 aromatic carbocycles. The van der Waals surface area contributed by atoms with Gasteiger partial charge in [0, 0.05) is 12.6 Å². The predicted molar refractivity (Wildman–Crippen MR) is 86.7 cm³/mol. The number of ether oxygens (including phenoxy) is 3. The first kappa shape index (κ1) is 19.9. The van der Waals surface area contributed by atoms with E-state index < -0.39 is 22.1 Å². The summed E-state index contributed by atoms with van der Waals surface area (Å²) >= 11 is 0. The number of hydrogen-bond acceptors (Lipinski definition) is 5. The Bertz CT molecular complexity index is 868. The van der Waals surface area contributed by atoms with Crippen molar-refractivity contribution in [1.82, 2.24) is 4.72 Å². The fraction of sp³-hybridized carbons (Fsp3) is 0.250. The Balaban J connectivity index is 2.15. The van der Waals surface area contributed by atoms with Gasteiger partial charge in [0.25, 0.3) is 0 Å². The highest BCUT2D eigenvalue weighted by molar-refractivity contribution is 7.89. The van der Waals surface area contributed by atoms with Crippen LogP contribution in [0.3, 0.4) is 0 Å². The van der Waals surface area contributed by atoms with Crippen LogP contribution in [-0.2, 0) is 16.6 Å². The van der Waals surface area contributed by atoms with E-state index in [1.807, 2.05) is 0 Å². The van der Waals surface area contributed by atoms with E-state index in [0.717, 1.165) is 18.2 Å². The van der Waals surface area contributed by atoms with E-state index >= 15 is 0 Å². The minimum Gasteiger partial charge on any atom is -0.493 e. The summed E-state index contributed by atoms with van der Waals surface area (Å²) in [6, 6.07) is 8.97. The first-order valence-electron chi connectivity index (χ1n) is 7.21. The summed E-state index contributed by atoms with van der Waals surface area (Å²) in [5, 5.41) is 0. The van der Waals surface area contributed by atoms with Crippen molar-refractivity contribution >= 4 is 10.0 Å². The van der Waals surface area contributed by atoms with Gasteiger partial charge in [0.15, 0.2) is 11.5 Å². The van der Waals surface area contributed by atoms with Crippen molar-refractivity contribution in [2.24, 2.45) is 0 Å². The van der Waals surface area contributed by atoms with Gasteiger partial charge in [0.05, 0.1) is 19.1 Å². The fourth-order valence-electron chi connectivity index (χ4n) is 2.09. The molecule has 0 bridgehead atoms. The number of hydrogen-bond donors (Lipinski definition) is 1. The Morgan fingerprint density at radius 1 is 1.00 bits per heavy atom. The molecule has 0 saturated carbocycles. The van der Waals surface area contributed by atoms with Crippen molar-refractivity contribution in [1.29, 1.82) is 0 Å². The molecule has 0 aliphatic carbocycles. The highest BCUT2D eigenvalue weighted by Crippen LogP contribution is 2.28. The number of sulfonamides is 1. The summed E-state index contributed by atoms with van der Waals surface area (Å²) in [7, 11) is -1.13. The Labute approximate surface area is 148 Å². The van der Waals surface area contributed by atoms with Crippen LogP contribution in [-0.4, -0.2) is 29.0 Å². The average Bonchev–Trinajstić information content (AvgIpc) is 2.58. The first-order valence-corrected chi connectivity index (χ1v) is 8.69. The molecule has 0 saturated heterocycles. The van der Waals surface area contributed by atoms with Gasteiger partial charge < -0.3 is 14.2 Å². The van der Waals surface area contributed by atoms with E-state index in [0.29, 0.717) is 17.1 Å². The molecule has 0 unspecified atom stereocenters. The van der Waals surface area contributed by atoms with Gasteiger partial charge in [-0.15, -0.1) is 13.2 Å². The summed E-state index contributed by atoms with van der Waals surface area (Å²) in [4.78, 5) is -0.347. The van der Waals surface area contributed by atoms with Gasteiger partial charge in [-0.05, 0) is 29.8 Å². The van der Waals surface area contributed by atoms with E-state index in [-0.39, 0.29) is 11.4 Å². The van der Waals surface area contributed by atoms with Gasteiger partial charge in [-0.25, -0.2) is 13.1 Å². The van der Waals surface area contributed by atoms with Crippen molar-refractivity contribution in [3.63, 3.8) is 0 Å². The van der Waals surface area contributed by atoms with Crippen LogP contribution in [0.5, 0.6) is 17.2 Å². The number of nitrogens with one attached hydrogen (secondary N) is 1. The Hall–Kier alpha value is -2.46. The Morgan fingerprint density at radius 3 is 2.31 bits per heavy atom. The molecule has 0 aliphatic heterocycles. The zero-order valence-electron chi connectivity index (χ0n) is 13.8. The molecule has 142 valence electrons. The van der Waals surface area contributed by atoms with E-state index in [2.05, 4.69) is 9.46 Å². The van der Waals surface area contributed by atoms with Crippen LogP contribution in [0.4, 0.5) is 13.2 Å². The van der Waals surface area contributed by atoms with Gasteiger partial charge in [-0.1, -0.05) is 12.1 Å². The quantitative estimate of drug-likeness (QED) is 0.785. The van der Waals surface area contributed by atoms with Crippen molar-refractivity contribution in [2.45, 2.75) is 17.8 Å². The summed E-state index contributed by atoms with van der Waals surface area (Å²) in [5.74, 6) is 0.285. The van der Waals surface area contributed by atoms with Crippen LogP contribution < -0.4 is 18.9 Å². The predicted octanol–water partition coefficient (Wildman–Crippen LogP) is 3.08. The van der Waals surface area contributed by atoms with Gasteiger partial charge in [0.1, 0.15) is 5.75 Å². The number of methoxy groups -OCH3 is 2. The normalized spacial score (nSPS) is 11.9. The highest BCUT2D eigenvalue weighted by atomic mass is 32.2. The summed E-state index contributed by atoms with van der Waals surface area (Å²) in [6.07, 6.45) is -4.91. The number of benzene rings is 2.